The highest BCUT2D eigenvalue weighted by molar-refractivity contribution is 7.92. The molecule has 1 saturated heterocycles. The number of sulfonamides is 1. The second kappa shape index (κ2) is 8.13. The minimum atomic E-state index is -3.51. The van der Waals surface area contributed by atoms with Gasteiger partial charge in [-0.15, -0.1) is 0 Å². The van der Waals surface area contributed by atoms with E-state index in [9.17, 15) is 13.2 Å². The summed E-state index contributed by atoms with van der Waals surface area (Å²) in [5.74, 6) is 0.373. The highest BCUT2D eigenvalue weighted by Crippen LogP contribution is 2.41. The molecular weight excluding hydrogens is 438 g/mol. The largest absolute Gasteiger partial charge is 0.330 e. The SMILES string of the molecule is Cc1ccc(NS(C)(=O)=O)c(C(=O)N2CCCC[C@H]2c2cc3nc(C4CC4)c(C)cn3n2)c1. The van der Waals surface area contributed by atoms with Crippen molar-refractivity contribution in [2.24, 2.45) is 0 Å². The first kappa shape index (κ1) is 21.9. The van der Waals surface area contributed by atoms with E-state index in [4.69, 9.17) is 10.1 Å². The van der Waals surface area contributed by atoms with Gasteiger partial charge in [0.1, 0.15) is 0 Å². The van der Waals surface area contributed by atoms with Crippen LogP contribution in [0.3, 0.4) is 0 Å². The normalized spacial score (nSPS) is 19.1. The number of carbonyl (C=O) groups is 1. The molecule has 1 aliphatic heterocycles. The Balaban J connectivity index is 1.51. The van der Waals surface area contributed by atoms with Crippen LogP contribution in [0.15, 0.2) is 30.5 Å². The molecule has 2 aromatic heterocycles. The number of nitrogens with one attached hydrogen (secondary N) is 1. The van der Waals surface area contributed by atoms with Crippen molar-refractivity contribution in [1.29, 1.82) is 0 Å². The van der Waals surface area contributed by atoms with E-state index in [1.54, 1.807) is 18.2 Å². The van der Waals surface area contributed by atoms with Crippen LogP contribution in [0.2, 0.25) is 0 Å². The smallest absolute Gasteiger partial charge is 0.256 e. The predicted octanol–water partition coefficient (Wildman–Crippen LogP) is 3.96. The molecule has 3 heterocycles. The van der Waals surface area contributed by atoms with Crippen LogP contribution in [0.5, 0.6) is 0 Å². The van der Waals surface area contributed by atoms with Gasteiger partial charge in [0.25, 0.3) is 5.91 Å². The summed E-state index contributed by atoms with van der Waals surface area (Å²) in [5.41, 5.74) is 5.50. The fourth-order valence-corrected chi connectivity index (χ4v) is 5.31. The van der Waals surface area contributed by atoms with Crippen molar-refractivity contribution in [1.82, 2.24) is 19.5 Å². The number of likely N-dealkylation sites (tertiary alicyclic amines) is 1. The van der Waals surface area contributed by atoms with E-state index >= 15 is 0 Å². The summed E-state index contributed by atoms with van der Waals surface area (Å²) in [6.07, 6.45) is 8.22. The molecule has 3 aromatic rings. The van der Waals surface area contributed by atoms with Crippen molar-refractivity contribution >= 4 is 27.3 Å². The number of benzene rings is 1. The van der Waals surface area contributed by atoms with Crippen LogP contribution in [0.4, 0.5) is 5.69 Å². The molecule has 1 atom stereocenters. The molecule has 1 aliphatic carbocycles. The molecule has 2 aliphatic rings. The molecule has 0 bridgehead atoms. The zero-order valence-corrected chi connectivity index (χ0v) is 20.0. The molecule has 174 valence electrons. The third kappa shape index (κ3) is 4.46. The van der Waals surface area contributed by atoms with E-state index in [0.29, 0.717) is 23.7 Å². The van der Waals surface area contributed by atoms with E-state index in [0.717, 1.165) is 53.7 Å². The quantitative estimate of drug-likeness (QED) is 0.613. The number of amides is 1. The van der Waals surface area contributed by atoms with E-state index in [1.165, 1.54) is 12.8 Å². The second-order valence-electron chi connectivity index (χ2n) is 9.39. The van der Waals surface area contributed by atoms with Crippen molar-refractivity contribution in [2.45, 2.75) is 57.9 Å². The van der Waals surface area contributed by atoms with Crippen molar-refractivity contribution in [3.05, 3.63) is 58.5 Å². The molecule has 33 heavy (non-hydrogen) atoms. The number of hydrogen-bond acceptors (Lipinski definition) is 5. The molecule has 0 radical (unpaired) electrons. The Hall–Kier alpha value is -2.94. The number of fused-ring (bicyclic) bond motifs is 1. The van der Waals surface area contributed by atoms with Crippen LogP contribution in [-0.4, -0.2) is 46.6 Å². The van der Waals surface area contributed by atoms with Crippen LogP contribution in [0.25, 0.3) is 5.65 Å². The third-order valence-corrected chi connectivity index (χ3v) is 7.05. The van der Waals surface area contributed by atoms with Gasteiger partial charge in [-0.05, 0) is 63.6 Å². The maximum absolute atomic E-state index is 13.7. The van der Waals surface area contributed by atoms with Gasteiger partial charge < -0.3 is 4.90 Å². The zero-order chi connectivity index (χ0) is 23.3. The first-order valence-corrected chi connectivity index (χ1v) is 13.3. The lowest BCUT2D eigenvalue weighted by Crippen LogP contribution is -2.39. The van der Waals surface area contributed by atoms with Crippen molar-refractivity contribution < 1.29 is 13.2 Å². The van der Waals surface area contributed by atoms with Crippen LogP contribution in [0, 0.1) is 13.8 Å². The number of aryl methyl sites for hydroxylation is 2. The van der Waals surface area contributed by atoms with Gasteiger partial charge in [-0.3, -0.25) is 9.52 Å². The lowest BCUT2D eigenvalue weighted by Gasteiger charge is -2.35. The van der Waals surface area contributed by atoms with E-state index in [-0.39, 0.29) is 11.9 Å². The van der Waals surface area contributed by atoms with Gasteiger partial charge in [0.2, 0.25) is 10.0 Å². The van der Waals surface area contributed by atoms with E-state index in [2.05, 4.69) is 11.6 Å². The number of hydrogen-bond donors (Lipinski definition) is 1. The minimum absolute atomic E-state index is 0.177. The summed E-state index contributed by atoms with van der Waals surface area (Å²) in [6, 6.07) is 7.01. The van der Waals surface area contributed by atoms with Crippen molar-refractivity contribution in [2.75, 3.05) is 17.5 Å². The molecule has 5 rings (SSSR count). The van der Waals surface area contributed by atoms with Crippen LogP contribution >= 0.6 is 0 Å². The number of rotatable bonds is 5. The van der Waals surface area contributed by atoms with Gasteiger partial charge in [0.15, 0.2) is 5.65 Å². The van der Waals surface area contributed by atoms with Crippen molar-refractivity contribution in [3.63, 3.8) is 0 Å². The molecule has 0 unspecified atom stereocenters. The lowest BCUT2D eigenvalue weighted by atomic mass is 9.97. The number of anilines is 1. The monoisotopic (exact) mass is 467 g/mol. The second-order valence-corrected chi connectivity index (χ2v) is 11.1. The highest BCUT2D eigenvalue weighted by Gasteiger charge is 2.33. The van der Waals surface area contributed by atoms with Gasteiger partial charge in [0, 0.05) is 24.7 Å². The van der Waals surface area contributed by atoms with Crippen LogP contribution < -0.4 is 4.72 Å². The maximum Gasteiger partial charge on any atom is 0.256 e. The Bertz CT molecular complexity index is 1340. The molecule has 1 N–H and O–H groups in total. The first-order chi connectivity index (χ1) is 15.7. The standard InChI is InChI=1S/C24H29N5O3S/c1-15-7-10-19(27-33(3,31)32)18(12-15)24(30)28-11-5-4-6-21(28)20-13-22-25-23(17-8-9-17)16(2)14-29(22)26-20/h7,10,12-14,17,21,27H,4-6,8-9,11H2,1-3H3/t21-/m0/s1. The van der Waals surface area contributed by atoms with E-state index in [1.807, 2.05) is 28.6 Å². The summed E-state index contributed by atoms with van der Waals surface area (Å²) in [6.45, 7) is 4.57. The summed E-state index contributed by atoms with van der Waals surface area (Å²) in [4.78, 5) is 20.4. The predicted molar refractivity (Wildman–Crippen MR) is 127 cm³/mol. The van der Waals surface area contributed by atoms with Crippen LogP contribution in [-0.2, 0) is 10.0 Å². The number of nitrogens with zero attached hydrogens (tertiary/aromatic N) is 4. The Morgan fingerprint density at radius 1 is 1.12 bits per heavy atom. The van der Waals surface area contributed by atoms with Gasteiger partial charge in [-0.1, -0.05) is 11.6 Å². The minimum Gasteiger partial charge on any atom is -0.330 e. The molecule has 1 saturated carbocycles. The molecule has 1 amide bonds. The Labute approximate surface area is 194 Å². The van der Waals surface area contributed by atoms with E-state index < -0.39 is 10.0 Å². The Morgan fingerprint density at radius 2 is 1.91 bits per heavy atom. The molecular formula is C24H29N5O3S. The zero-order valence-electron chi connectivity index (χ0n) is 19.2. The van der Waals surface area contributed by atoms with Gasteiger partial charge >= 0.3 is 0 Å². The van der Waals surface area contributed by atoms with Gasteiger partial charge in [0.05, 0.1) is 34.9 Å². The maximum atomic E-state index is 13.7. The fraction of sp³-hybridized carbons (Fsp3) is 0.458. The number of carbonyl (C=O) groups excluding carboxylic acids is 1. The number of aromatic nitrogens is 3. The Kier molecular flexibility index (Phi) is 5.39. The summed E-state index contributed by atoms with van der Waals surface area (Å²) in [7, 11) is -3.51. The third-order valence-electron chi connectivity index (χ3n) is 6.46. The summed E-state index contributed by atoms with van der Waals surface area (Å²) >= 11 is 0. The van der Waals surface area contributed by atoms with Crippen molar-refractivity contribution in [3.8, 4) is 0 Å². The van der Waals surface area contributed by atoms with Gasteiger partial charge in [-0.25, -0.2) is 17.9 Å². The summed E-state index contributed by atoms with van der Waals surface area (Å²) in [5, 5.41) is 4.79. The summed E-state index contributed by atoms with van der Waals surface area (Å²) < 4.78 is 28.1. The highest BCUT2D eigenvalue weighted by atomic mass is 32.2. The first-order valence-electron chi connectivity index (χ1n) is 11.5. The molecule has 8 nitrogen and oxygen atoms in total. The topological polar surface area (TPSA) is 96.7 Å². The Morgan fingerprint density at radius 3 is 2.64 bits per heavy atom. The average Bonchev–Trinajstić information content (AvgIpc) is 3.52. The van der Waals surface area contributed by atoms with Crippen LogP contribution in [0.1, 0.15) is 76.9 Å². The number of piperidine rings is 1. The lowest BCUT2D eigenvalue weighted by molar-refractivity contribution is 0.0606. The molecule has 9 heteroatoms. The average molecular weight is 468 g/mol. The molecule has 1 aromatic carbocycles. The molecule has 0 spiro atoms. The molecule has 2 fully saturated rings. The van der Waals surface area contributed by atoms with Gasteiger partial charge in [-0.2, -0.15) is 5.10 Å². The fourth-order valence-electron chi connectivity index (χ4n) is 4.74.